The smallest absolute Gasteiger partial charge is 0.244 e. The van der Waals surface area contributed by atoms with Gasteiger partial charge < -0.3 is 16.4 Å². The first-order chi connectivity index (χ1) is 7.79. The summed E-state index contributed by atoms with van der Waals surface area (Å²) in [4.78, 5) is 33.9. The lowest BCUT2D eigenvalue weighted by Crippen LogP contribution is -2.53. The molecule has 0 bridgehead atoms. The van der Waals surface area contributed by atoms with E-state index in [1.165, 1.54) is 6.92 Å². The molecule has 0 unspecified atom stereocenters. The molecule has 2 atom stereocenters. The van der Waals surface area contributed by atoms with Gasteiger partial charge in [0.25, 0.3) is 0 Å². The zero-order chi connectivity index (χ0) is 13.6. The normalized spacial score (nSPS) is 13.9. The van der Waals surface area contributed by atoms with Crippen LogP contribution in [-0.2, 0) is 14.4 Å². The van der Waals surface area contributed by atoms with Crippen LogP contribution in [0.3, 0.4) is 0 Å². The predicted octanol–water partition coefficient (Wildman–Crippen LogP) is -0.953. The Morgan fingerprint density at radius 1 is 1.12 bits per heavy atom. The van der Waals surface area contributed by atoms with Crippen LogP contribution in [0, 0.1) is 5.92 Å². The molecule has 0 spiro atoms. The number of hydrogen-bond donors (Lipinski definition) is 4. The van der Waals surface area contributed by atoms with Crippen molar-refractivity contribution in [2.45, 2.75) is 32.9 Å². The summed E-state index contributed by atoms with van der Waals surface area (Å²) in [6, 6.07) is -1.55. The van der Waals surface area contributed by atoms with Gasteiger partial charge in [-0.05, 0) is 6.92 Å². The van der Waals surface area contributed by atoms with Crippen LogP contribution in [0.15, 0.2) is 0 Å². The Morgan fingerprint density at radius 2 is 1.65 bits per heavy atom. The van der Waals surface area contributed by atoms with Crippen LogP contribution in [0.4, 0.5) is 0 Å². The number of nitrogens with two attached hydrogens (primary N) is 1. The summed E-state index contributed by atoms with van der Waals surface area (Å²) in [5.74, 6) is -1.42. The van der Waals surface area contributed by atoms with Crippen LogP contribution in [0.5, 0.6) is 0 Å². The summed E-state index contributed by atoms with van der Waals surface area (Å²) >= 11 is 3.98. The highest BCUT2D eigenvalue weighted by Crippen LogP contribution is 1.96. The van der Waals surface area contributed by atoms with Crippen LogP contribution in [-0.4, -0.2) is 35.6 Å². The molecule has 0 aliphatic rings. The molecule has 7 heteroatoms. The Bertz CT molecular complexity index is 307. The van der Waals surface area contributed by atoms with Gasteiger partial charge in [-0.25, -0.2) is 0 Å². The molecule has 4 N–H and O–H groups in total. The van der Waals surface area contributed by atoms with E-state index in [1.54, 1.807) is 13.8 Å². The fourth-order valence-corrected chi connectivity index (χ4v) is 1.17. The average molecular weight is 261 g/mol. The van der Waals surface area contributed by atoms with E-state index in [-0.39, 0.29) is 17.6 Å². The van der Waals surface area contributed by atoms with Crippen LogP contribution in [0.2, 0.25) is 0 Å². The Morgan fingerprint density at radius 3 is 2.00 bits per heavy atom. The average Bonchev–Trinajstić information content (AvgIpc) is 2.24. The van der Waals surface area contributed by atoms with Crippen molar-refractivity contribution in [2.24, 2.45) is 11.7 Å². The first kappa shape index (κ1) is 15.8. The number of rotatable bonds is 6. The van der Waals surface area contributed by atoms with Gasteiger partial charge in [0.15, 0.2) is 0 Å². The molecular formula is C10H19N3O3S. The van der Waals surface area contributed by atoms with Crippen molar-refractivity contribution in [3.8, 4) is 0 Å². The van der Waals surface area contributed by atoms with Gasteiger partial charge in [-0.2, -0.15) is 12.6 Å². The molecule has 17 heavy (non-hydrogen) atoms. The van der Waals surface area contributed by atoms with Gasteiger partial charge in [0.2, 0.25) is 17.7 Å². The molecule has 0 aliphatic carbocycles. The van der Waals surface area contributed by atoms with Crippen molar-refractivity contribution in [1.29, 1.82) is 0 Å². The van der Waals surface area contributed by atoms with Crippen molar-refractivity contribution in [3.05, 3.63) is 0 Å². The number of carbonyl (C=O) groups is 3. The SMILES string of the molecule is CC(C)C(=O)N[C@@H](CS)C(=O)N[C@@H](C)C(N)=O. The fourth-order valence-electron chi connectivity index (χ4n) is 0.918. The van der Waals surface area contributed by atoms with Crippen LogP contribution in [0.1, 0.15) is 20.8 Å². The Balaban J connectivity index is 4.41. The summed E-state index contributed by atoms with van der Waals surface area (Å²) < 4.78 is 0. The van der Waals surface area contributed by atoms with E-state index in [9.17, 15) is 14.4 Å². The van der Waals surface area contributed by atoms with E-state index in [1.807, 2.05) is 0 Å². The monoisotopic (exact) mass is 261 g/mol. The number of amides is 3. The van der Waals surface area contributed by atoms with E-state index < -0.39 is 23.9 Å². The molecule has 3 amide bonds. The zero-order valence-corrected chi connectivity index (χ0v) is 11.1. The first-order valence-electron chi connectivity index (χ1n) is 5.30. The molecule has 0 fully saturated rings. The molecule has 0 aliphatic heterocycles. The van der Waals surface area contributed by atoms with Gasteiger partial charge in [-0.1, -0.05) is 13.8 Å². The standard InChI is InChI=1S/C10H19N3O3S/c1-5(2)9(15)13-7(4-17)10(16)12-6(3)8(11)14/h5-7,17H,4H2,1-3H3,(H2,11,14)(H,12,16)(H,13,15)/t6-,7-/m0/s1. The molecule has 0 saturated carbocycles. The lowest BCUT2D eigenvalue weighted by molar-refractivity contribution is -0.131. The van der Waals surface area contributed by atoms with E-state index in [0.29, 0.717) is 0 Å². The lowest BCUT2D eigenvalue weighted by Gasteiger charge is -2.19. The highest BCUT2D eigenvalue weighted by atomic mass is 32.1. The maximum absolute atomic E-state index is 11.7. The topological polar surface area (TPSA) is 101 Å². The molecule has 0 aromatic heterocycles. The van der Waals surface area contributed by atoms with Crippen molar-refractivity contribution in [3.63, 3.8) is 0 Å². The Kier molecular flexibility index (Phi) is 6.64. The van der Waals surface area contributed by atoms with Crippen LogP contribution in [0.25, 0.3) is 0 Å². The third-order valence-corrected chi connectivity index (χ3v) is 2.49. The van der Waals surface area contributed by atoms with E-state index in [2.05, 4.69) is 23.3 Å². The second kappa shape index (κ2) is 7.16. The second-order valence-electron chi connectivity index (χ2n) is 4.03. The van der Waals surface area contributed by atoms with Gasteiger partial charge >= 0.3 is 0 Å². The van der Waals surface area contributed by atoms with Crippen molar-refractivity contribution in [2.75, 3.05) is 5.75 Å². The summed E-state index contributed by atoms with van der Waals surface area (Å²) in [6.45, 7) is 4.91. The van der Waals surface area contributed by atoms with Crippen molar-refractivity contribution in [1.82, 2.24) is 10.6 Å². The number of carbonyl (C=O) groups excluding carboxylic acids is 3. The van der Waals surface area contributed by atoms with Gasteiger partial charge in [-0.15, -0.1) is 0 Å². The molecule has 6 nitrogen and oxygen atoms in total. The third kappa shape index (κ3) is 5.58. The molecule has 98 valence electrons. The quantitative estimate of drug-likeness (QED) is 0.463. The molecular weight excluding hydrogens is 242 g/mol. The Hall–Kier alpha value is -1.24. The minimum atomic E-state index is -0.777. The summed E-state index contributed by atoms with van der Waals surface area (Å²) in [6.07, 6.45) is 0. The number of hydrogen-bond acceptors (Lipinski definition) is 4. The van der Waals surface area contributed by atoms with E-state index in [4.69, 9.17) is 5.73 Å². The lowest BCUT2D eigenvalue weighted by atomic mass is 10.2. The fraction of sp³-hybridized carbons (Fsp3) is 0.700. The molecule has 0 aromatic rings. The summed E-state index contributed by atoms with van der Waals surface area (Å²) in [7, 11) is 0. The number of thiol groups is 1. The molecule has 0 rings (SSSR count). The summed E-state index contributed by atoms with van der Waals surface area (Å²) in [5.41, 5.74) is 5.02. The number of primary amides is 1. The maximum atomic E-state index is 11.7. The predicted molar refractivity (Wildman–Crippen MR) is 67.4 cm³/mol. The van der Waals surface area contributed by atoms with E-state index in [0.717, 1.165) is 0 Å². The van der Waals surface area contributed by atoms with Crippen LogP contribution < -0.4 is 16.4 Å². The zero-order valence-electron chi connectivity index (χ0n) is 10.2. The van der Waals surface area contributed by atoms with Gasteiger partial charge in [-0.3, -0.25) is 14.4 Å². The largest absolute Gasteiger partial charge is 0.368 e. The Labute approximate surface area is 106 Å². The number of nitrogens with one attached hydrogen (secondary N) is 2. The van der Waals surface area contributed by atoms with E-state index >= 15 is 0 Å². The van der Waals surface area contributed by atoms with Crippen molar-refractivity contribution >= 4 is 30.4 Å². The van der Waals surface area contributed by atoms with Crippen molar-refractivity contribution < 1.29 is 14.4 Å². The second-order valence-corrected chi connectivity index (χ2v) is 4.40. The third-order valence-electron chi connectivity index (χ3n) is 2.13. The molecule has 0 heterocycles. The van der Waals surface area contributed by atoms with Gasteiger partial charge in [0, 0.05) is 11.7 Å². The van der Waals surface area contributed by atoms with Crippen LogP contribution >= 0.6 is 12.6 Å². The highest BCUT2D eigenvalue weighted by Gasteiger charge is 2.23. The van der Waals surface area contributed by atoms with Gasteiger partial charge in [0.1, 0.15) is 12.1 Å². The molecule has 0 saturated heterocycles. The maximum Gasteiger partial charge on any atom is 0.244 e. The minimum Gasteiger partial charge on any atom is -0.368 e. The highest BCUT2D eigenvalue weighted by molar-refractivity contribution is 7.80. The molecule has 0 aromatic carbocycles. The summed E-state index contributed by atoms with van der Waals surface area (Å²) in [5, 5.41) is 4.93. The first-order valence-corrected chi connectivity index (χ1v) is 5.93. The van der Waals surface area contributed by atoms with Gasteiger partial charge in [0.05, 0.1) is 0 Å². The minimum absolute atomic E-state index is 0.149. The molecule has 0 radical (unpaired) electrons.